The zero-order valence-electron chi connectivity index (χ0n) is 31.6. The number of likely N-dealkylation sites (N-methyl/N-ethyl adjacent to an activating group) is 1. The third-order valence-corrected chi connectivity index (χ3v) is 12.6. The standard InChI is InChI=1S/C39H57F2N9O4/c1-47(12-13-52-14-15-53-16-17-54-39-21-28-18-29(22-39)20-30(19-28)23-39)25-27-2-4-31(5-3-27)50-26-33(35(46-50)36(40)41)44-38(51)32-24-43-49-9-6-34(45-37(32)49)48-10-7-42-8-11-48/h6,9,24,26-31,36,42H,2-5,7-8,10-23,25H2,1H3,(H,44,51)/t27-,28?,29?,30?,31-,39?. The van der Waals surface area contributed by atoms with Gasteiger partial charge < -0.3 is 34.6 Å². The van der Waals surface area contributed by atoms with Crippen molar-refractivity contribution in [3.63, 3.8) is 0 Å². The zero-order valence-corrected chi connectivity index (χ0v) is 31.6. The van der Waals surface area contributed by atoms with Crippen molar-refractivity contribution in [3.8, 4) is 0 Å². The van der Waals surface area contributed by atoms with Crippen LogP contribution in [0.1, 0.15) is 92.7 Å². The lowest BCUT2D eigenvalue weighted by atomic mass is 9.54. The van der Waals surface area contributed by atoms with Crippen LogP contribution in [0, 0.1) is 23.7 Å². The molecule has 5 saturated carbocycles. The number of carbonyl (C=O) groups excluding carboxylic acids is 1. The number of anilines is 2. The smallest absolute Gasteiger partial charge is 0.284 e. The Balaban J connectivity index is 0.737. The molecule has 2 N–H and O–H groups in total. The van der Waals surface area contributed by atoms with Crippen LogP contribution in [0.2, 0.25) is 0 Å². The van der Waals surface area contributed by atoms with Crippen molar-refractivity contribution in [3.05, 3.63) is 35.9 Å². The third kappa shape index (κ3) is 8.75. The highest BCUT2D eigenvalue weighted by Crippen LogP contribution is 2.57. The van der Waals surface area contributed by atoms with Gasteiger partial charge in [-0.05, 0) is 101 Å². The van der Waals surface area contributed by atoms with Crippen molar-refractivity contribution in [1.82, 2.24) is 34.6 Å². The van der Waals surface area contributed by atoms with Crippen molar-refractivity contribution in [2.45, 2.75) is 82.3 Å². The number of nitrogens with zero attached hydrogens (tertiary/aromatic N) is 7. The highest BCUT2D eigenvalue weighted by atomic mass is 19.3. The van der Waals surface area contributed by atoms with Crippen LogP contribution in [0.15, 0.2) is 24.7 Å². The van der Waals surface area contributed by atoms with E-state index in [0.29, 0.717) is 44.6 Å². The summed E-state index contributed by atoms with van der Waals surface area (Å²) < 4.78 is 49.6. The molecule has 3 aromatic rings. The van der Waals surface area contributed by atoms with Gasteiger partial charge >= 0.3 is 0 Å². The van der Waals surface area contributed by atoms with Crippen LogP contribution >= 0.6 is 0 Å². The maximum Gasteiger partial charge on any atom is 0.284 e. The zero-order chi connectivity index (χ0) is 37.1. The molecule has 3 aromatic heterocycles. The Labute approximate surface area is 316 Å². The highest BCUT2D eigenvalue weighted by molar-refractivity contribution is 6.08. The minimum atomic E-state index is -2.83. The summed E-state index contributed by atoms with van der Waals surface area (Å²) in [5.74, 6) is 3.41. The predicted octanol–water partition coefficient (Wildman–Crippen LogP) is 5.21. The number of nitrogens with one attached hydrogen (secondary N) is 2. The number of ether oxygens (including phenoxy) is 3. The first-order valence-corrected chi connectivity index (χ1v) is 20.3. The van der Waals surface area contributed by atoms with E-state index in [1.165, 1.54) is 49.2 Å². The highest BCUT2D eigenvalue weighted by Gasteiger charge is 2.51. The second kappa shape index (κ2) is 16.9. The SMILES string of the molecule is CN(CCOCCOCCOC12CC3CC(CC(C3)C1)C2)C[C@H]1CC[C@H](n2cc(NC(=O)c3cnn4ccc(N5CCNCC5)nc34)c(C(F)F)n2)CC1. The van der Waals surface area contributed by atoms with Gasteiger partial charge in [-0.1, -0.05) is 0 Å². The van der Waals surface area contributed by atoms with Crippen LogP contribution in [0.3, 0.4) is 0 Å². The number of piperazine rings is 1. The summed E-state index contributed by atoms with van der Waals surface area (Å²) in [6, 6.07) is 1.86. The monoisotopic (exact) mass is 753 g/mol. The molecule has 296 valence electrons. The first kappa shape index (κ1) is 37.7. The van der Waals surface area contributed by atoms with Gasteiger partial charge in [-0.2, -0.15) is 10.2 Å². The van der Waals surface area contributed by atoms with Gasteiger partial charge in [0, 0.05) is 51.7 Å². The molecule has 13 nitrogen and oxygen atoms in total. The Hall–Kier alpha value is -3.24. The fourth-order valence-corrected chi connectivity index (χ4v) is 10.3. The quantitative estimate of drug-likeness (QED) is 0.178. The number of rotatable bonds is 17. The lowest BCUT2D eigenvalue weighted by Gasteiger charge is -2.56. The summed E-state index contributed by atoms with van der Waals surface area (Å²) in [5.41, 5.74) is 0.334. The van der Waals surface area contributed by atoms with Crippen LogP contribution < -0.4 is 15.5 Å². The van der Waals surface area contributed by atoms with E-state index in [1.54, 1.807) is 17.1 Å². The fourth-order valence-electron chi connectivity index (χ4n) is 10.3. The first-order valence-electron chi connectivity index (χ1n) is 20.3. The van der Waals surface area contributed by atoms with E-state index in [2.05, 4.69) is 37.7 Å². The van der Waals surface area contributed by atoms with Crippen molar-refractivity contribution >= 4 is 23.1 Å². The first-order chi connectivity index (χ1) is 26.3. The number of hydrogen-bond donors (Lipinski definition) is 2. The number of fused-ring (bicyclic) bond motifs is 1. The normalized spacial score (nSPS) is 28.2. The van der Waals surface area contributed by atoms with Gasteiger partial charge in [-0.3, -0.25) is 9.48 Å². The predicted molar refractivity (Wildman–Crippen MR) is 200 cm³/mol. The molecule has 6 aliphatic rings. The van der Waals surface area contributed by atoms with Gasteiger partial charge in [0.05, 0.1) is 56.6 Å². The maximum atomic E-state index is 14.2. The molecule has 5 aliphatic carbocycles. The van der Waals surface area contributed by atoms with Crippen LogP contribution in [0.5, 0.6) is 0 Å². The van der Waals surface area contributed by atoms with E-state index in [1.807, 2.05) is 6.07 Å². The summed E-state index contributed by atoms with van der Waals surface area (Å²) in [6.07, 6.45) is 13.6. The van der Waals surface area contributed by atoms with E-state index in [4.69, 9.17) is 19.2 Å². The second-order valence-electron chi connectivity index (χ2n) is 16.6. The Morgan fingerprint density at radius 2 is 1.69 bits per heavy atom. The lowest BCUT2D eigenvalue weighted by Crippen LogP contribution is -2.52. The summed E-state index contributed by atoms with van der Waals surface area (Å²) in [7, 11) is 2.12. The second-order valence-corrected chi connectivity index (χ2v) is 16.6. The molecular weight excluding hydrogens is 696 g/mol. The summed E-state index contributed by atoms with van der Waals surface area (Å²) in [6.45, 7) is 8.24. The number of carbonyl (C=O) groups is 1. The van der Waals surface area contributed by atoms with Gasteiger partial charge in [0.15, 0.2) is 11.3 Å². The average Bonchev–Trinajstić information content (AvgIpc) is 3.79. The van der Waals surface area contributed by atoms with Crippen LogP contribution in [0.4, 0.5) is 20.3 Å². The Bertz CT molecular complexity index is 1670. The molecule has 0 spiro atoms. The van der Waals surface area contributed by atoms with E-state index in [0.717, 1.165) is 88.5 Å². The van der Waals surface area contributed by atoms with Gasteiger partial charge in [-0.25, -0.2) is 18.3 Å². The van der Waals surface area contributed by atoms with Crippen molar-refractivity contribution in [2.75, 3.05) is 89.6 Å². The molecule has 1 amide bonds. The van der Waals surface area contributed by atoms with Crippen molar-refractivity contribution in [2.24, 2.45) is 23.7 Å². The number of hydrogen-bond acceptors (Lipinski definition) is 10. The molecule has 4 bridgehead atoms. The number of alkyl halides is 2. The molecule has 6 fully saturated rings. The molecule has 15 heteroatoms. The van der Waals surface area contributed by atoms with E-state index >= 15 is 0 Å². The Morgan fingerprint density at radius 1 is 1.00 bits per heavy atom. The molecular formula is C39H57F2N9O4. The number of amides is 1. The Kier molecular flexibility index (Phi) is 11.8. The summed E-state index contributed by atoms with van der Waals surface area (Å²) >= 11 is 0. The minimum Gasteiger partial charge on any atom is -0.378 e. The molecule has 54 heavy (non-hydrogen) atoms. The number of halogens is 2. The Morgan fingerprint density at radius 3 is 2.39 bits per heavy atom. The third-order valence-electron chi connectivity index (χ3n) is 12.6. The number of aromatic nitrogens is 5. The fraction of sp³-hybridized carbons (Fsp3) is 0.744. The van der Waals surface area contributed by atoms with E-state index in [-0.39, 0.29) is 22.9 Å². The van der Waals surface area contributed by atoms with Crippen molar-refractivity contribution < 1.29 is 27.8 Å². The minimum absolute atomic E-state index is 0.00353. The van der Waals surface area contributed by atoms with Gasteiger partial charge in [0.2, 0.25) is 0 Å². The summed E-state index contributed by atoms with van der Waals surface area (Å²) in [4.78, 5) is 22.5. The van der Waals surface area contributed by atoms with E-state index in [9.17, 15) is 13.6 Å². The van der Waals surface area contributed by atoms with E-state index < -0.39 is 18.0 Å². The van der Waals surface area contributed by atoms with Crippen molar-refractivity contribution in [1.29, 1.82) is 0 Å². The molecule has 0 unspecified atom stereocenters. The molecule has 4 heterocycles. The maximum absolute atomic E-state index is 14.2. The van der Waals surface area contributed by atoms with Gasteiger partial charge in [-0.15, -0.1) is 0 Å². The van der Waals surface area contributed by atoms with Gasteiger partial charge in [0.25, 0.3) is 12.3 Å². The molecule has 1 aliphatic heterocycles. The van der Waals surface area contributed by atoms with Crippen LogP contribution in [-0.4, -0.2) is 120 Å². The average molecular weight is 754 g/mol. The molecule has 0 aromatic carbocycles. The molecule has 0 radical (unpaired) electrons. The molecule has 9 rings (SSSR count). The molecule has 0 atom stereocenters. The largest absolute Gasteiger partial charge is 0.378 e. The van der Waals surface area contributed by atoms with Gasteiger partial charge in [0.1, 0.15) is 11.4 Å². The summed E-state index contributed by atoms with van der Waals surface area (Å²) in [5, 5.41) is 14.5. The van der Waals surface area contributed by atoms with Crippen LogP contribution in [-0.2, 0) is 14.2 Å². The molecule has 1 saturated heterocycles. The topological polar surface area (TPSA) is 123 Å². The lowest BCUT2D eigenvalue weighted by molar-refractivity contribution is -0.169. The van der Waals surface area contributed by atoms with Crippen LogP contribution in [0.25, 0.3) is 5.65 Å².